The summed E-state index contributed by atoms with van der Waals surface area (Å²) in [5.74, 6) is -2.33. The number of anilines is 1. The quantitative estimate of drug-likeness (QED) is 0.619. The van der Waals surface area contributed by atoms with Crippen molar-refractivity contribution in [3.63, 3.8) is 0 Å². The number of aromatic carboxylic acids is 1. The summed E-state index contributed by atoms with van der Waals surface area (Å²) in [5, 5.41) is 18.6. The van der Waals surface area contributed by atoms with E-state index in [0.717, 1.165) is 12.1 Å². The fourth-order valence-corrected chi connectivity index (χ4v) is 3.60. The van der Waals surface area contributed by atoms with Crippen LogP contribution in [0.2, 0.25) is 0 Å². The summed E-state index contributed by atoms with van der Waals surface area (Å²) < 4.78 is 40.9. The normalized spacial score (nSPS) is 11.1. The molecule has 0 radical (unpaired) electrons. The number of hydrogen-bond donors (Lipinski definition) is 3. The lowest BCUT2D eigenvalue weighted by Gasteiger charge is -2.11. The first-order chi connectivity index (χ1) is 12.8. The molecule has 27 heavy (non-hydrogen) atoms. The van der Waals surface area contributed by atoms with Crippen LogP contribution in [0.15, 0.2) is 71.6 Å². The van der Waals surface area contributed by atoms with Crippen molar-refractivity contribution in [3.8, 4) is 16.9 Å². The Balaban J connectivity index is 1.93. The number of carboxylic acids is 1. The van der Waals surface area contributed by atoms with Crippen LogP contribution in [0.25, 0.3) is 11.1 Å². The van der Waals surface area contributed by atoms with Gasteiger partial charge in [0, 0.05) is 6.07 Å². The van der Waals surface area contributed by atoms with Crippen LogP contribution in [0.1, 0.15) is 10.4 Å². The van der Waals surface area contributed by atoms with E-state index in [1.54, 1.807) is 12.1 Å². The number of hydrogen-bond acceptors (Lipinski definition) is 4. The smallest absolute Gasteiger partial charge is 0.339 e. The summed E-state index contributed by atoms with van der Waals surface area (Å²) >= 11 is 0. The van der Waals surface area contributed by atoms with E-state index >= 15 is 0 Å². The Morgan fingerprint density at radius 2 is 1.59 bits per heavy atom. The van der Waals surface area contributed by atoms with Crippen molar-refractivity contribution in [2.75, 3.05) is 4.72 Å². The number of benzene rings is 3. The van der Waals surface area contributed by atoms with Gasteiger partial charge in [-0.05, 0) is 47.5 Å². The monoisotopic (exact) mass is 387 g/mol. The Morgan fingerprint density at radius 3 is 2.22 bits per heavy atom. The number of sulfonamides is 1. The van der Waals surface area contributed by atoms with Crippen LogP contribution in [-0.4, -0.2) is 24.6 Å². The summed E-state index contributed by atoms with van der Waals surface area (Å²) in [5.41, 5.74) is 0.705. The number of rotatable bonds is 5. The van der Waals surface area contributed by atoms with E-state index < -0.39 is 27.6 Å². The maximum atomic E-state index is 13.4. The fraction of sp³-hybridized carbons (Fsp3) is 0. The lowest BCUT2D eigenvalue weighted by molar-refractivity contribution is 0.0694. The molecule has 0 saturated carbocycles. The Kier molecular flexibility index (Phi) is 4.83. The van der Waals surface area contributed by atoms with Gasteiger partial charge in [-0.25, -0.2) is 17.6 Å². The van der Waals surface area contributed by atoms with Gasteiger partial charge in [0.25, 0.3) is 10.0 Å². The van der Waals surface area contributed by atoms with E-state index in [-0.39, 0.29) is 16.1 Å². The molecule has 3 aromatic rings. The van der Waals surface area contributed by atoms with Crippen molar-refractivity contribution < 1.29 is 27.8 Å². The third-order valence-corrected chi connectivity index (χ3v) is 5.16. The molecule has 0 amide bonds. The molecule has 0 aliphatic heterocycles. The fourth-order valence-electron chi connectivity index (χ4n) is 2.50. The first-order valence-corrected chi connectivity index (χ1v) is 9.20. The van der Waals surface area contributed by atoms with Crippen molar-refractivity contribution in [3.05, 3.63) is 78.1 Å². The predicted molar refractivity (Wildman–Crippen MR) is 97.7 cm³/mol. The number of phenols is 1. The molecule has 0 fully saturated rings. The lowest BCUT2D eigenvalue weighted by atomic mass is 10.1. The molecule has 3 N–H and O–H groups in total. The minimum absolute atomic E-state index is 0.00802. The molecule has 0 bridgehead atoms. The minimum Gasteiger partial charge on any atom is -0.507 e. The molecule has 0 aliphatic carbocycles. The average Bonchev–Trinajstić information content (AvgIpc) is 2.61. The zero-order valence-corrected chi connectivity index (χ0v) is 14.6. The van der Waals surface area contributed by atoms with Gasteiger partial charge in [-0.2, -0.15) is 0 Å². The standard InChI is InChI=1S/C19H14FNO5S/c20-14-5-1-3-12(9-14)13-4-2-6-16(10-13)27(25,26)21-15-7-8-17(19(23)24)18(22)11-15/h1-11,21-22H,(H,23,24). The first kappa shape index (κ1) is 18.4. The van der Waals surface area contributed by atoms with Crippen LogP contribution < -0.4 is 4.72 Å². The molecule has 0 atom stereocenters. The molecular formula is C19H14FNO5S. The molecule has 0 aliphatic rings. The molecule has 0 heterocycles. The molecule has 8 heteroatoms. The molecular weight excluding hydrogens is 373 g/mol. The third-order valence-electron chi connectivity index (χ3n) is 3.78. The summed E-state index contributed by atoms with van der Waals surface area (Å²) in [6.07, 6.45) is 0. The maximum Gasteiger partial charge on any atom is 0.339 e. The summed E-state index contributed by atoms with van der Waals surface area (Å²) in [4.78, 5) is 10.8. The Bertz CT molecular complexity index is 1130. The number of carboxylic acid groups (broad SMARTS) is 1. The maximum absolute atomic E-state index is 13.4. The van der Waals surface area contributed by atoms with Gasteiger partial charge in [-0.1, -0.05) is 24.3 Å². The highest BCUT2D eigenvalue weighted by Crippen LogP contribution is 2.26. The number of aromatic hydroxyl groups is 1. The number of halogens is 1. The topological polar surface area (TPSA) is 104 Å². The molecule has 3 aromatic carbocycles. The molecule has 138 valence electrons. The highest BCUT2D eigenvalue weighted by atomic mass is 32.2. The van der Waals surface area contributed by atoms with Crippen LogP contribution in [0, 0.1) is 5.82 Å². The van der Waals surface area contributed by atoms with Gasteiger partial charge in [-0.15, -0.1) is 0 Å². The molecule has 0 unspecified atom stereocenters. The van der Waals surface area contributed by atoms with Crippen LogP contribution >= 0.6 is 0 Å². The zero-order chi connectivity index (χ0) is 19.6. The van der Waals surface area contributed by atoms with Crippen molar-refractivity contribution in [2.24, 2.45) is 0 Å². The molecule has 6 nitrogen and oxygen atoms in total. The second-order valence-corrected chi connectivity index (χ2v) is 7.36. The van der Waals surface area contributed by atoms with Gasteiger partial charge in [0.15, 0.2) is 0 Å². The van der Waals surface area contributed by atoms with Crippen LogP contribution in [0.4, 0.5) is 10.1 Å². The van der Waals surface area contributed by atoms with E-state index in [2.05, 4.69) is 4.72 Å². The molecule has 3 rings (SSSR count). The van der Waals surface area contributed by atoms with Gasteiger partial charge in [0.05, 0.1) is 10.6 Å². The van der Waals surface area contributed by atoms with E-state index in [4.69, 9.17) is 5.11 Å². The van der Waals surface area contributed by atoms with Crippen molar-refractivity contribution >= 4 is 21.7 Å². The zero-order valence-electron chi connectivity index (χ0n) is 13.8. The summed E-state index contributed by atoms with van der Waals surface area (Å²) in [7, 11) is -4.01. The number of carbonyl (C=O) groups is 1. The van der Waals surface area contributed by atoms with Crippen molar-refractivity contribution in [1.29, 1.82) is 0 Å². The van der Waals surface area contributed by atoms with Crippen LogP contribution in [0.3, 0.4) is 0 Å². The lowest BCUT2D eigenvalue weighted by Crippen LogP contribution is -2.13. The Labute approximate surface area is 154 Å². The predicted octanol–water partition coefficient (Wildman–Crippen LogP) is 3.70. The second kappa shape index (κ2) is 7.08. The van der Waals surface area contributed by atoms with Gasteiger partial charge >= 0.3 is 5.97 Å². The highest BCUT2D eigenvalue weighted by Gasteiger charge is 2.17. The van der Waals surface area contributed by atoms with Crippen LogP contribution in [0.5, 0.6) is 5.75 Å². The minimum atomic E-state index is -4.01. The van der Waals surface area contributed by atoms with E-state index in [9.17, 15) is 22.7 Å². The van der Waals surface area contributed by atoms with Crippen molar-refractivity contribution in [2.45, 2.75) is 4.90 Å². The molecule has 0 spiro atoms. The van der Waals surface area contributed by atoms with E-state index in [0.29, 0.717) is 11.1 Å². The SMILES string of the molecule is O=C(O)c1ccc(NS(=O)(=O)c2cccc(-c3cccc(F)c3)c2)cc1O. The van der Waals surface area contributed by atoms with Gasteiger partial charge in [0.2, 0.25) is 0 Å². The highest BCUT2D eigenvalue weighted by molar-refractivity contribution is 7.92. The second-order valence-electron chi connectivity index (χ2n) is 5.68. The molecule has 0 saturated heterocycles. The number of nitrogens with one attached hydrogen (secondary N) is 1. The Hall–Kier alpha value is -3.39. The van der Waals surface area contributed by atoms with E-state index in [1.165, 1.54) is 42.5 Å². The van der Waals surface area contributed by atoms with Gasteiger partial charge < -0.3 is 10.2 Å². The largest absolute Gasteiger partial charge is 0.507 e. The first-order valence-electron chi connectivity index (χ1n) is 7.71. The van der Waals surface area contributed by atoms with Crippen LogP contribution in [-0.2, 0) is 10.0 Å². The summed E-state index contributed by atoms with van der Waals surface area (Å²) in [6.45, 7) is 0. The molecule has 0 aromatic heterocycles. The Morgan fingerprint density at radius 1 is 0.926 bits per heavy atom. The van der Waals surface area contributed by atoms with Crippen molar-refractivity contribution in [1.82, 2.24) is 0 Å². The van der Waals surface area contributed by atoms with Gasteiger partial charge in [-0.3, -0.25) is 4.72 Å². The summed E-state index contributed by atoms with van der Waals surface area (Å²) in [6, 6.07) is 15.1. The van der Waals surface area contributed by atoms with E-state index in [1.807, 2.05) is 0 Å². The third kappa shape index (κ3) is 4.06. The van der Waals surface area contributed by atoms with Gasteiger partial charge in [0.1, 0.15) is 17.1 Å². The average molecular weight is 387 g/mol.